The van der Waals surface area contributed by atoms with Gasteiger partial charge < -0.3 is 19.0 Å². The van der Waals surface area contributed by atoms with Crippen LogP contribution in [0.4, 0.5) is 0 Å². The van der Waals surface area contributed by atoms with Gasteiger partial charge in [0, 0.05) is 46.4 Å². The number of ketones is 1. The lowest BCUT2D eigenvalue weighted by atomic mass is 10.0. The van der Waals surface area contributed by atoms with E-state index in [1.165, 1.54) is 0 Å². The summed E-state index contributed by atoms with van der Waals surface area (Å²) in [5.41, 5.74) is 0.0989. The molecular formula is C24H47ClN2O4Si. The Morgan fingerprint density at radius 2 is 1.28 bits per heavy atom. The third-order valence-electron chi connectivity index (χ3n) is 5.99. The number of rotatable bonds is 16. The number of likely N-dealkylation sites (N-methyl/N-ethyl adjacent to an activating group) is 2. The first-order valence-electron chi connectivity index (χ1n) is 12.0. The van der Waals surface area contributed by atoms with Crippen LogP contribution in [0.3, 0.4) is 0 Å². The van der Waals surface area contributed by atoms with Gasteiger partial charge in [0.2, 0.25) is 11.8 Å². The molecule has 0 rings (SSSR count). The maximum Gasteiger partial charge on any atom is 0.295 e. The van der Waals surface area contributed by atoms with Gasteiger partial charge in [-0.1, -0.05) is 34.1 Å². The molecule has 0 fully saturated rings. The minimum Gasteiger partial charge on any atom is -0.397 e. The van der Waals surface area contributed by atoms with Crippen LogP contribution in [0.25, 0.3) is 0 Å². The molecule has 0 heterocycles. The van der Waals surface area contributed by atoms with Crippen molar-refractivity contribution in [1.29, 1.82) is 0 Å². The first-order chi connectivity index (χ1) is 14.6. The number of hydrogen-bond acceptors (Lipinski definition) is 4. The molecule has 0 aromatic rings. The fourth-order valence-corrected chi connectivity index (χ4v) is 6.92. The first-order valence-corrected chi connectivity index (χ1v) is 15.1. The molecule has 0 aliphatic rings. The molecule has 0 aromatic heterocycles. The molecule has 0 aliphatic heterocycles. The lowest BCUT2D eigenvalue weighted by Crippen LogP contribution is -2.46. The van der Waals surface area contributed by atoms with Gasteiger partial charge in [0.15, 0.2) is 0 Å². The van der Waals surface area contributed by atoms with Crippen molar-refractivity contribution in [1.82, 2.24) is 9.80 Å². The molecule has 0 saturated carbocycles. The molecule has 0 atom stereocenters. The van der Waals surface area contributed by atoms with E-state index < -0.39 is 13.2 Å². The summed E-state index contributed by atoms with van der Waals surface area (Å²) in [6, 6.07) is 0. The van der Waals surface area contributed by atoms with Gasteiger partial charge >= 0.3 is 0 Å². The van der Waals surface area contributed by atoms with Gasteiger partial charge in [-0.15, -0.1) is 11.1 Å². The highest BCUT2D eigenvalue weighted by molar-refractivity contribution is 7.18. The molecule has 0 aliphatic carbocycles. The Hall–Kier alpha value is -0.923. The van der Waals surface area contributed by atoms with E-state index in [-0.39, 0.29) is 28.7 Å². The molecule has 0 bridgehead atoms. The maximum atomic E-state index is 12.6. The van der Waals surface area contributed by atoms with Crippen molar-refractivity contribution in [3.8, 4) is 0 Å². The quantitative estimate of drug-likeness (QED) is 0.162. The van der Waals surface area contributed by atoms with Crippen LogP contribution < -0.4 is 0 Å². The van der Waals surface area contributed by atoms with Gasteiger partial charge in [0.1, 0.15) is 5.78 Å². The molecule has 6 nitrogen and oxygen atoms in total. The third-order valence-corrected chi connectivity index (χ3v) is 12.9. The molecule has 8 heteroatoms. The number of halogens is 1. The summed E-state index contributed by atoms with van der Waals surface area (Å²) in [6.45, 7) is 15.1. The van der Waals surface area contributed by atoms with Crippen molar-refractivity contribution in [3.05, 3.63) is 0 Å². The zero-order chi connectivity index (χ0) is 25.1. The average molecular weight is 491 g/mol. The SMILES string of the molecule is CC(=O)CCCCCC(=O)N(C)CCN(C)C(=O)CCC(C)(C)O[Si](Cl)(C(C)C)C(C)C. The van der Waals surface area contributed by atoms with Crippen LogP contribution in [0, 0.1) is 0 Å². The molecule has 0 radical (unpaired) electrons. The molecule has 0 saturated heterocycles. The van der Waals surface area contributed by atoms with Crippen LogP contribution in [0.5, 0.6) is 0 Å². The van der Waals surface area contributed by atoms with Gasteiger partial charge in [-0.3, -0.25) is 9.59 Å². The predicted octanol–water partition coefficient (Wildman–Crippen LogP) is 5.52. The lowest BCUT2D eigenvalue weighted by Gasteiger charge is -2.40. The van der Waals surface area contributed by atoms with Crippen LogP contribution in [0.1, 0.15) is 93.4 Å². The van der Waals surface area contributed by atoms with Gasteiger partial charge in [0.25, 0.3) is 7.63 Å². The number of carbonyl (C=O) groups is 3. The summed E-state index contributed by atoms with van der Waals surface area (Å²) < 4.78 is 6.44. The van der Waals surface area contributed by atoms with Crippen LogP contribution in [0.2, 0.25) is 11.1 Å². The number of nitrogens with zero attached hydrogens (tertiary/aromatic N) is 2. The van der Waals surface area contributed by atoms with Crippen molar-refractivity contribution in [2.24, 2.45) is 0 Å². The lowest BCUT2D eigenvalue weighted by molar-refractivity contribution is -0.134. The van der Waals surface area contributed by atoms with Crippen molar-refractivity contribution >= 4 is 36.3 Å². The van der Waals surface area contributed by atoms with Gasteiger partial charge in [0.05, 0.1) is 5.60 Å². The Morgan fingerprint density at radius 1 is 0.844 bits per heavy atom. The second-order valence-corrected chi connectivity index (χ2v) is 15.9. The number of carbonyl (C=O) groups excluding carboxylic acids is 3. The van der Waals surface area contributed by atoms with E-state index in [4.69, 9.17) is 15.5 Å². The van der Waals surface area contributed by atoms with Crippen molar-refractivity contribution in [2.75, 3.05) is 27.2 Å². The summed E-state index contributed by atoms with van der Waals surface area (Å²) in [5.74, 6) is 0.316. The Morgan fingerprint density at radius 3 is 1.72 bits per heavy atom. The predicted molar refractivity (Wildman–Crippen MR) is 135 cm³/mol. The normalized spacial score (nSPS) is 12.4. The summed E-state index contributed by atoms with van der Waals surface area (Å²) in [5, 5.41) is 0. The minimum atomic E-state index is -2.42. The van der Waals surface area contributed by atoms with E-state index in [0.717, 1.165) is 19.3 Å². The standard InChI is InChI=1S/C24H47ClN2O4Si/c1-19(2)32(25,20(3)4)31-24(6,7)16-15-23(30)27(9)18-17-26(8)22(29)14-12-10-11-13-21(5)28/h19-20H,10-18H2,1-9H3. The van der Waals surface area contributed by atoms with E-state index in [9.17, 15) is 14.4 Å². The number of amides is 2. The first kappa shape index (κ1) is 31.1. The Bertz CT molecular complexity index is 603. The number of Topliss-reactive ketones (excluding diaryl/α,β-unsaturated/α-hetero) is 1. The van der Waals surface area contributed by atoms with Crippen molar-refractivity contribution in [2.45, 2.75) is 110 Å². The third kappa shape index (κ3) is 11.8. The highest BCUT2D eigenvalue weighted by atomic mass is 35.6. The number of unbranched alkanes of at least 4 members (excludes halogenated alkanes) is 2. The zero-order valence-electron chi connectivity index (χ0n) is 21.9. The summed E-state index contributed by atoms with van der Waals surface area (Å²) in [7, 11) is 1.13. The van der Waals surface area contributed by atoms with Crippen LogP contribution in [0.15, 0.2) is 0 Å². The monoisotopic (exact) mass is 490 g/mol. The van der Waals surface area contributed by atoms with Crippen LogP contribution in [-0.4, -0.2) is 67.8 Å². The Kier molecular flexibility index (Phi) is 13.9. The topological polar surface area (TPSA) is 66.9 Å². The largest absolute Gasteiger partial charge is 0.397 e. The van der Waals surface area contributed by atoms with E-state index in [1.54, 1.807) is 30.8 Å². The molecule has 0 N–H and O–H groups in total. The Labute approximate surface area is 202 Å². The molecule has 0 unspecified atom stereocenters. The smallest absolute Gasteiger partial charge is 0.295 e. The van der Waals surface area contributed by atoms with Gasteiger partial charge in [-0.05, 0) is 51.1 Å². The highest BCUT2D eigenvalue weighted by Gasteiger charge is 2.44. The van der Waals surface area contributed by atoms with Gasteiger partial charge in [-0.25, -0.2) is 0 Å². The summed E-state index contributed by atoms with van der Waals surface area (Å²) >= 11 is 6.92. The van der Waals surface area contributed by atoms with E-state index >= 15 is 0 Å². The van der Waals surface area contributed by atoms with Crippen molar-refractivity contribution in [3.63, 3.8) is 0 Å². The maximum absolute atomic E-state index is 12.6. The van der Waals surface area contributed by atoms with E-state index in [0.29, 0.717) is 38.8 Å². The molecule has 188 valence electrons. The molecule has 0 spiro atoms. The fraction of sp³-hybridized carbons (Fsp3) is 0.875. The summed E-state index contributed by atoms with van der Waals surface area (Å²) in [4.78, 5) is 39.2. The number of hydrogen-bond donors (Lipinski definition) is 0. The Balaban J connectivity index is 4.42. The molecular weight excluding hydrogens is 444 g/mol. The molecule has 0 aromatic carbocycles. The molecule has 2 amide bonds. The fourth-order valence-electron chi connectivity index (χ4n) is 3.54. The second kappa shape index (κ2) is 14.4. The van der Waals surface area contributed by atoms with E-state index in [1.807, 2.05) is 13.8 Å². The zero-order valence-corrected chi connectivity index (χ0v) is 23.7. The highest BCUT2D eigenvalue weighted by Crippen LogP contribution is 2.40. The average Bonchev–Trinajstić information content (AvgIpc) is 2.68. The summed E-state index contributed by atoms with van der Waals surface area (Å²) in [6.07, 6.45) is 4.56. The van der Waals surface area contributed by atoms with Crippen molar-refractivity contribution < 1.29 is 18.8 Å². The van der Waals surface area contributed by atoms with Crippen LogP contribution >= 0.6 is 11.1 Å². The van der Waals surface area contributed by atoms with Crippen LogP contribution in [-0.2, 0) is 18.8 Å². The second-order valence-electron chi connectivity index (χ2n) is 10.3. The van der Waals surface area contributed by atoms with Gasteiger partial charge in [-0.2, -0.15) is 0 Å². The van der Waals surface area contributed by atoms with E-state index in [2.05, 4.69) is 27.7 Å². The molecule has 32 heavy (non-hydrogen) atoms. The minimum absolute atomic E-state index is 0.0442.